The van der Waals surface area contributed by atoms with Gasteiger partial charge in [0.2, 0.25) is 0 Å². The first-order valence-corrected chi connectivity index (χ1v) is 6.47. The summed E-state index contributed by atoms with van der Waals surface area (Å²) >= 11 is 0. The molecular weight excluding hydrogens is 238 g/mol. The third-order valence-electron chi connectivity index (χ3n) is 2.91. The summed E-state index contributed by atoms with van der Waals surface area (Å²) in [5.41, 5.74) is 3.34. The molecule has 0 saturated heterocycles. The molecule has 1 aromatic carbocycles. The van der Waals surface area contributed by atoms with Gasteiger partial charge in [0.1, 0.15) is 5.82 Å². The van der Waals surface area contributed by atoms with E-state index in [4.69, 9.17) is 4.74 Å². The summed E-state index contributed by atoms with van der Waals surface area (Å²) in [5, 5.41) is 3.32. The molecule has 4 heteroatoms. The van der Waals surface area contributed by atoms with Crippen LogP contribution in [0.3, 0.4) is 0 Å². The van der Waals surface area contributed by atoms with Gasteiger partial charge in [0.05, 0.1) is 12.3 Å². The SMILES string of the molecule is CCOCc1ccccc1CNc1nccnc1C. The van der Waals surface area contributed by atoms with Gasteiger partial charge in [0.25, 0.3) is 0 Å². The van der Waals surface area contributed by atoms with Crippen LogP contribution in [0.15, 0.2) is 36.7 Å². The molecule has 0 amide bonds. The predicted molar refractivity (Wildman–Crippen MR) is 75.9 cm³/mol. The van der Waals surface area contributed by atoms with Gasteiger partial charge in [-0.25, -0.2) is 4.98 Å². The Balaban J connectivity index is 2.05. The highest BCUT2D eigenvalue weighted by atomic mass is 16.5. The van der Waals surface area contributed by atoms with Crippen LogP contribution in [0.1, 0.15) is 23.7 Å². The molecular formula is C15H19N3O. The first-order valence-electron chi connectivity index (χ1n) is 6.47. The van der Waals surface area contributed by atoms with Crippen LogP contribution < -0.4 is 5.32 Å². The highest BCUT2D eigenvalue weighted by Crippen LogP contribution is 2.13. The smallest absolute Gasteiger partial charge is 0.147 e. The van der Waals surface area contributed by atoms with E-state index in [0.717, 1.165) is 24.7 Å². The van der Waals surface area contributed by atoms with E-state index in [1.54, 1.807) is 12.4 Å². The molecule has 0 atom stereocenters. The minimum absolute atomic E-state index is 0.647. The number of nitrogens with zero attached hydrogens (tertiary/aromatic N) is 2. The lowest BCUT2D eigenvalue weighted by Gasteiger charge is -2.11. The molecule has 1 N–H and O–H groups in total. The third kappa shape index (κ3) is 3.76. The van der Waals surface area contributed by atoms with E-state index in [-0.39, 0.29) is 0 Å². The summed E-state index contributed by atoms with van der Waals surface area (Å²) in [6.45, 7) is 6.05. The average molecular weight is 257 g/mol. The normalized spacial score (nSPS) is 10.4. The van der Waals surface area contributed by atoms with Crippen LogP contribution in [0, 0.1) is 6.92 Å². The minimum Gasteiger partial charge on any atom is -0.377 e. The minimum atomic E-state index is 0.647. The largest absolute Gasteiger partial charge is 0.377 e. The molecule has 0 saturated carbocycles. The first kappa shape index (κ1) is 13.5. The maximum Gasteiger partial charge on any atom is 0.147 e. The van der Waals surface area contributed by atoms with Crippen molar-refractivity contribution >= 4 is 5.82 Å². The van der Waals surface area contributed by atoms with Gasteiger partial charge in [-0.3, -0.25) is 4.98 Å². The van der Waals surface area contributed by atoms with Crippen LogP contribution >= 0.6 is 0 Å². The standard InChI is InChI=1S/C15H19N3O/c1-3-19-11-14-7-5-4-6-13(14)10-18-15-12(2)16-8-9-17-15/h4-9H,3,10-11H2,1-2H3,(H,17,18). The molecule has 1 heterocycles. The number of rotatable bonds is 6. The molecule has 0 fully saturated rings. The molecule has 2 rings (SSSR count). The Labute approximate surface area is 113 Å². The number of anilines is 1. The second-order valence-electron chi connectivity index (χ2n) is 4.25. The summed E-state index contributed by atoms with van der Waals surface area (Å²) in [6.07, 6.45) is 3.39. The third-order valence-corrected chi connectivity index (χ3v) is 2.91. The number of nitrogens with one attached hydrogen (secondary N) is 1. The molecule has 0 unspecified atom stereocenters. The summed E-state index contributed by atoms with van der Waals surface area (Å²) in [7, 11) is 0. The lowest BCUT2D eigenvalue weighted by Crippen LogP contribution is -2.07. The summed E-state index contributed by atoms with van der Waals surface area (Å²) in [4.78, 5) is 8.49. The molecule has 100 valence electrons. The molecule has 0 spiro atoms. The van der Waals surface area contributed by atoms with Crippen molar-refractivity contribution in [1.29, 1.82) is 0 Å². The molecule has 0 radical (unpaired) electrons. The molecule has 4 nitrogen and oxygen atoms in total. The molecule has 19 heavy (non-hydrogen) atoms. The van der Waals surface area contributed by atoms with E-state index in [0.29, 0.717) is 6.61 Å². The number of hydrogen-bond acceptors (Lipinski definition) is 4. The molecule has 2 aromatic rings. The van der Waals surface area contributed by atoms with Gasteiger partial charge in [0.15, 0.2) is 0 Å². The van der Waals surface area contributed by atoms with Gasteiger partial charge < -0.3 is 10.1 Å². The number of benzene rings is 1. The van der Waals surface area contributed by atoms with Gasteiger partial charge in [0, 0.05) is 25.5 Å². The van der Waals surface area contributed by atoms with E-state index in [9.17, 15) is 0 Å². The fraction of sp³-hybridized carbons (Fsp3) is 0.333. The zero-order valence-corrected chi connectivity index (χ0v) is 11.4. The number of ether oxygens (including phenoxy) is 1. The summed E-state index contributed by atoms with van der Waals surface area (Å²) < 4.78 is 5.48. The Morgan fingerprint density at radius 1 is 1.11 bits per heavy atom. The summed E-state index contributed by atoms with van der Waals surface area (Å²) in [5.74, 6) is 0.828. The van der Waals surface area contributed by atoms with Crippen molar-refractivity contribution in [3.63, 3.8) is 0 Å². The fourth-order valence-electron chi connectivity index (χ4n) is 1.84. The number of aromatic nitrogens is 2. The van der Waals surface area contributed by atoms with Gasteiger partial charge in [-0.05, 0) is 25.0 Å². The van der Waals surface area contributed by atoms with Crippen LogP contribution in [0.5, 0.6) is 0 Å². The van der Waals surface area contributed by atoms with Crippen LogP contribution in [-0.2, 0) is 17.9 Å². The van der Waals surface area contributed by atoms with Crippen molar-refractivity contribution in [3.05, 3.63) is 53.5 Å². The lowest BCUT2D eigenvalue weighted by atomic mass is 10.1. The van der Waals surface area contributed by atoms with Crippen molar-refractivity contribution in [2.45, 2.75) is 27.0 Å². The topological polar surface area (TPSA) is 47.0 Å². The highest BCUT2D eigenvalue weighted by molar-refractivity contribution is 5.40. The van der Waals surface area contributed by atoms with Crippen LogP contribution in [-0.4, -0.2) is 16.6 Å². The van der Waals surface area contributed by atoms with Crippen LogP contribution in [0.25, 0.3) is 0 Å². The van der Waals surface area contributed by atoms with Crippen molar-refractivity contribution in [2.75, 3.05) is 11.9 Å². The maximum absolute atomic E-state index is 5.48. The lowest BCUT2D eigenvalue weighted by molar-refractivity contribution is 0.133. The Kier molecular flexibility index (Phi) is 4.86. The van der Waals surface area contributed by atoms with Crippen molar-refractivity contribution in [2.24, 2.45) is 0 Å². The van der Waals surface area contributed by atoms with Crippen LogP contribution in [0.4, 0.5) is 5.82 Å². The monoisotopic (exact) mass is 257 g/mol. The van der Waals surface area contributed by atoms with Gasteiger partial charge in [-0.1, -0.05) is 24.3 Å². The Morgan fingerprint density at radius 2 is 1.84 bits per heavy atom. The molecule has 0 aliphatic heterocycles. The Morgan fingerprint density at radius 3 is 2.58 bits per heavy atom. The fourth-order valence-corrected chi connectivity index (χ4v) is 1.84. The number of hydrogen-bond donors (Lipinski definition) is 1. The predicted octanol–water partition coefficient (Wildman–Crippen LogP) is 2.93. The van der Waals surface area contributed by atoms with Gasteiger partial charge in [-0.2, -0.15) is 0 Å². The van der Waals surface area contributed by atoms with Gasteiger partial charge >= 0.3 is 0 Å². The average Bonchev–Trinajstić information content (AvgIpc) is 2.45. The van der Waals surface area contributed by atoms with Gasteiger partial charge in [-0.15, -0.1) is 0 Å². The Bertz CT molecular complexity index is 528. The van der Waals surface area contributed by atoms with E-state index in [1.165, 1.54) is 11.1 Å². The van der Waals surface area contributed by atoms with Crippen molar-refractivity contribution in [1.82, 2.24) is 9.97 Å². The van der Waals surface area contributed by atoms with E-state index < -0.39 is 0 Å². The first-order chi connectivity index (χ1) is 9.31. The second kappa shape index (κ2) is 6.85. The van der Waals surface area contributed by atoms with Crippen LogP contribution in [0.2, 0.25) is 0 Å². The Hall–Kier alpha value is -1.94. The summed E-state index contributed by atoms with van der Waals surface area (Å²) in [6, 6.07) is 8.27. The highest BCUT2D eigenvalue weighted by Gasteiger charge is 2.03. The number of aryl methyl sites for hydroxylation is 1. The molecule has 0 bridgehead atoms. The quantitative estimate of drug-likeness (QED) is 0.864. The molecule has 0 aliphatic rings. The van der Waals surface area contributed by atoms with E-state index >= 15 is 0 Å². The van der Waals surface area contributed by atoms with E-state index in [1.807, 2.05) is 26.0 Å². The van der Waals surface area contributed by atoms with Crippen molar-refractivity contribution < 1.29 is 4.74 Å². The van der Waals surface area contributed by atoms with E-state index in [2.05, 4.69) is 27.4 Å². The second-order valence-corrected chi connectivity index (χ2v) is 4.25. The van der Waals surface area contributed by atoms with Crippen molar-refractivity contribution in [3.8, 4) is 0 Å². The molecule has 0 aliphatic carbocycles. The zero-order valence-electron chi connectivity index (χ0n) is 11.4. The molecule has 1 aromatic heterocycles. The zero-order chi connectivity index (χ0) is 13.5. The maximum atomic E-state index is 5.48.